The number of halogens is 1. The summed E-state index contributed by atoms with van der Waals surface area (Å²) in [4.78, 5) is 25.4. The zero-order chi connectivity index (χ0) is 17.1. The van der Waals surface area contributed by atoms with Crippen LogP contribution in [0.5, 0.6) is 0 Å². The van der Waals surface area contributed by atoms with Crippen LogP contribution in [0, 0.1) is 6.92 Å². The summed E-state index contributed by atoms with van der Waals surface area (Å²) in [5.41, 5.74) is -1.12. The second-order valence-corrected chi connectivity index (χ2v) is 5.68. The molecule has 0 amide bonds. The minimum atomic E-state index is -1.74. The Kier molecular flexibility index (Phi) is 5.69. The number of H-pyrrole nitrogens is 1. The Morgan fingerprint density at radius 1 is 1.48 bits per heavy atom. The summed E-state index contributed by atoms with van der Waals surface area (Å²) in [7, 11) is 0. The molecular weight excluding hydrogens is 309 g/mol. The first-order valence-electron chi connectivity index (χ1n) is 7.58. The third-order valence-electron chi connectivity index (χ3n) is 3.98. The van der Waals surface area contributed by atoms with Crippen LogP contribution in [0.25, 0.3) is 0 Å². The molecule has 0 aromatic carbocycles. The van der Waals surface area contributed by atoms with Gasteiger partial charge in [0.2, 0.25) is 0 Å². The molecule has 1 aliphatic heterocycles. The number of rotatable bonds is 6. The van der Waals surface area contributed by atoms with Crippen LogP contribution in [0.15, 0.2) is 15.8 Å². The minimum Gasteiger partial charge on any atom is -0.394 e. The number of aliphatic hydroxyl groups excluding tert-OH is 1. The molecule has 3 N–H and O–H groups in total. The van der Waals surface area contributed by atoms with Gasteiger partial charge >= 0.3 is 5.69 Å². The number of hydrogen-bond acceptors (Lipinski definition) is 6. The zero-order valence-corrected chi connectivity index (χ0v) is 13.1. The highest BCUT2D eigenvalue weighted by Gasteiger charge is 2.48. The van der Waals surface area contributed by atoms with Crippen LogP contribution in [0.1, 0.15) is 31.6 Å². The van der Waals surface area contributed by atoms with E-state index in [2.05, 4.69) is 4.98 Å². The number of nitrogens with zero attached hydrogens (tertiary/aromatic N) is 2. The standard InChI is InChI=1S/C14H22FN3O5/c1-3-4-5-18(22)11-9(7-19)23-13(10(11)15)17-6-8(2)12(20)16-14(17)21/h6,9-11,13,19,22H,3-5,7H2,1-2H3,(H,16,20,21)/t9-,10?,11?,13?/m1/s1. The predicted octanol–water partition coefficient (Wildman–Crippen LogP) is -0.0673. The highest BCUT2D eigenvalue weighted by Crippen LogP contribution is 2.33. The van der Waals surface area contributed by atoms with Gasteiger partial charge in [-0.2, -0.15) is 5.06 Å². The van der Waals surface area contributed by atoms with Crippen molar-refractivity contribution in [3.63, 3.8) is 0 Å². The number of hydroxylamine groups is 2. The number of aromatic nitrogens is 2. The molecule has 0 saturated carbocycles. The van der Waals surface area contributed by atoms with E-state index in [-0.39, 0.29) is 12.1 Å². The molecule has 130 valence electrons. The van der Waals surface area contributed by atoms with E-state index in [0.717, 1.165) is 16.1 Å². The molecule has 1 saturated heterocycles. The predicted molar refractivity (Wildman–Crippen MR) is 79.1 cm³/mol. The van der Waals surface area contributed by atoms with Gasteiger partial charge in [0.25, 0.3) is 5.56 Å². The molecule has 23 heavy (non-hydrogen) atoms. The molecule has 1 aliphatic rings. The summed E-state index contributed by atoms with van der Waals surface area (Å²) in [5.74, 6) is 0. The molecule has 0 radical (unpaired) electrons. The van der Waals surface area contributed by atoms with Gasteiger partial charge < -0.3 is 15.1 Å². The van der Waals surface area contributed by atoms with E-state index in [1.165, 1.54) is 13.1 Å². The van der Waals surface area contributed by atoms with Crippen molar-refractivity contribution in [2.45, 2.75) is 51.2 Å². The number of hydrogen-bond donors (Lipinski definition) is 3. The number of ether oxygens (including phenoxy) is 1. The van der Waals surface area contributed by atoms with Crippen molar-refractivity contribution in [2.75, 3.05) is 13.2 Å². The lowest BCUT2D eigenvalue weighted by Crippen LogP contribution is -2.46. The Balaban J connectivity index is 2.30. The lowest BCUT2D eigenvalue weighted by Gasteiger charge is -2.26. The smallest absolute Gasteiger partial charge is 0.330 e. The van der Waals surface area contributed by atoms with E-state index in [9.17, 15) is 24.3 Å². The van der Waals surface area contributed by atoms with E-state index < -0.39 is 42.4 Å². The van der Waals surface area contributed by atoms with E-state index in [4.69, 9.17) is 4.74 Å². The number of aromatic amines is 1. The summed E-state index contributed by atoms with van der Waals surface area (Å²) in [5, 5.41) is 20.2. The largest absolute Gasteiger partial charge is 0.394 e. The molecule has 8 nitrogen and oxygen atoms in total. The number of alkyl halides is 1. The molecule has 1 fully saturated rings. The van der Waals surface area contributed by atoms with Crippen molar-refractivity contribution in [2.24, 2.45) is 0 Å². The van der Waals surface area contributed by atoms with E-state index in [0.29, 0.717) is 6.42 Å². The van der Waals surface area contributed by atoms with Crippen molar-refractivity contribution in [3.05, 3.63) is 32.6 Å². The molecule has 0 bridgehead atoms. The highest BCUT2D eigenvalue weighted by atomic mass is 19.1. The van der Waals surface area contributed by atoms with Gasteiger partial charge in [0.1, 0.15) is 6.10 Å². The van der Waals surface area contributed by atoms with Gasteiger partial charge in [0.05, 0.1) is 12.6 Å². The lowest BCUT2D eigenvalue weighted by molar-refractivity contribution is -0.155. The molecule has 2 heterocycles. The Morgan fingerprint density at radius 3 is 2.78 bits per heavy atom. The Labute approximate surface area is 132 Å². The molecule has 3 unspecified atom stereocenters. The van der Waals surface area contributed by atoms with E-state index in [1.54, 1.807) is 0 Å². The van der Waals surface area contributed by atoms with Gasteiger partial charge in [0.15, 0.2) is 12.4 Å². The fourth-order valence-electron chi connectivity index (χ4n) is 2.68. The monoisotopic (exact) mass is 331 g/mol. The summed E-state index contributed by atoms with van der Waals surface area (Å²) >= 11 is 0. The normalized spacial score (nSPS) is 27.7. The SMILES string of the molecule is CCCCN(O)C1C(F)C(n2cc(C)c(=O)[nH]c2=O)O[C@@H]1CO. The van der Waals surface area contributed by atoms with Crippen molar-refractivity contribution >= 4 is 0 Å². The molecule has 1 aromatic rings. The molecule has 9 heteroatoms. The first-order chi connectivity index (χ1) is 10.9. The first kappa shape index (κ1) is 17.8. The van der Waals surface area contributed by atoms with E-state index in [1.807, 2.05) is 6.92 Å². The summed E-state index contributed by atoms with van der Waals surface area (Å²) in [6, 6.07) is -1.09. The van der Waals surface area contributed by atoms with Crippen LogP contribution >= 0.6 is 0 Å². The minimum absolute atomic E-state index is 0.230. The topological polar surface area (TPSA) is 108 Å². The molecule has 1 aromatic heterocycles. The zero-order valence-electron chi connectivity index (χ0n) is 13.1. The second kappa shape index (κ2) is 7.35. The van der Waals surface area contributed by atoms with Crippen LogP contribution in [-0.4, -0.2) is 56.4 Å². The second-order valence-electron chi connectivity index (χ2n) is 5.68. The molecule has 0 aliphatic carbocycles. The van der Waals surface area contributed by atoms with Gasteiger partial charge in [-0.25, -0.2) is 9.18 Å². The van der Waals surface area contributed by atoms with Crippen LogP contribution in [-0.2, 0) is 4.74 Å². The van der Waals surface area contributed by atoms with Crippen molar-refractivity contribution < 1.29 is 19.4 Å². The fourth-order valence-corrected chi connectivity index (χ4v) is 2.68. The molecule has 0 spiro atoms. The van der Waals surface area contributed by atoms with Crippen molar-refractivity contribution in [3.8, 4) is 0 Å². The first-order valence-corrected chi connectivity index (χ1v) is 7.58. The van der Waals surface area contributed by atoms with Gasteiger partial charge in [-0.05, 0) is 13.3 Å². The number of unbranched alkanes of at least 4 members (excludes halogenated alkanes) is 1. The quantitative estimate of drug-likeness (QED) is 0.630. The maximum absolute atomic E-state index is 14.8. The summed E-state index contributed by atoms with van der Waals surface area (Å²) < 4.78 is 21.1. The third kappa shape index (κ3) is 3.52. The maximum atomic E-state index is 14.8. The highest BCUT2D eigenvalue weighted by molar-refractivity contribution is 5.04. The lowest BCUT2D eigenvalue weighted by atomic mass is 10.1. The average Bonchev–Trinajstić information content (AvgIpc) is 2.85. The molecular formula is C14H22FN3O5. The van der Waals surface area contributed by atoms with Gasteiger partial charge in [-0.15, -0.1) is 0 Å². The van der Waals surface area contributed by atoms with Crippen LogP contribution in [0.4, 0.5) is 4.39 Å². The Hall–Kier alpha value is -1.55. The van der Waals surface area contributed by atoms with Crippen molar-refractivity contribution in [1.29, 1.82) is 0 Å². The van der Waals surface area contributed by atoms with Gasteiger partial charge in [-0.1, -0.05) is 13.3 Å². The maximum Gasteiger partial charge on any atom is 0.330 e. The molecule has 4 atom stereocenters. The van der Waals surface area contributed by atoms with E-state index >= 15 is 0 Å². The Morgan fingerprint density at radius 2 is 2.17 bits per heavy atom. The Bertz CT molecular complexity index is 646. The number of nitrogens with one attached hydrogen (secondary N) is 1. The van der Waals surface area contributed by atoms with Crippen molar-refractivity contribution in [1.82, 2.24) is 14.6 Å². The third-order valence-corrected chi connectivity index (χ3v) is 3.98. The molecule has 2 rings (SSSR count). The fraction of sp³-hybridized carbons (Fsp3) is 0.714. The summed E-state index contributed by atoms with van der Waals surface area (Å²) in [6.07, 6.45) is -1.36. The van der Waals surface area contributed by atoms with Gasteiger partial charge in [0, 0.05) is 18.3 Å². The number of aliphatic hydroxyl groups is 1. The number of aryl methyl sites for hydroxylation is 1. The summed E-state index contributed by atoms with van der Waals surface area (Å²) in [6.45, 7) is 3.15. The van der Waals surface area contributed by atoms with Crippen LogP contribution in [0.2, 0.25) is 0 Å². The van der Waals surface area contributed by atoms with Crippen LogP contribution < -0.4 is 11.2 Å². The van der Waals surface area contributed by atoms with Gasteiger partial charge in [-0.3, -0.25) is 14.3 Å². The average molecular weight is 331 g/mol. The van der Waals surface area contributed by atoms with Crippen LogP contribution in [0.3, 0.4) is 0 Å².